The smallest absolute Gasteiger partial charge is 0.260 e. The van der Waals surface area contributed by atoms with Crippen molar-refractivity contribution in [1.82, 2.24) is 9.80 Å². The number of benzene rings is 2. The molecule has 0 N–H and O–H groups in total. The minimum atomic E-state index is -0.349. The van der Waals surface area contributed by atoms with Gasteiger partial charge in [-0.05, 0) is 48.6 Å². The van der Waals surface area contributed by atoms with Crippen molar-refractivity contribution in [3.8, 4) is 0 Å². The average Bonchev–Trinajstić information content (AvgIpc) is 3.00. The molecule has 2 aromatic carbocycles. The Morgan fingerprint density at radius 2 is 1.12 bits per heavy atom. The third-order valence-electron chi connectivity index (χ3n) is 3.83. The summed E-state index contributed by atoms with van der Waals surface area (Å²) in [7, 11) is 0. The molecule has 1 aliphatic heterocycles. The van der Waals surface area contributed by atoms with Crippen LogP contribution in [0, 0.1) is 0 Å². The second kappa shape index (κ2) is 7.71. The van der Waals surface area contributed by atoms with Crippen molar-refractivity contribution in [3.05, 3.63) is 67.6 Å². The van der Waals surface area contributed by atoms with Crippen molar-refractivity contribution in [2.24, 2.45) is 0 Å². The topological polar surface area (TPSA) is 40.6 Å². The van der Waals surface area contributed by atoms with Crippen molar-refractivity contribution in [1.29, 1.82) is 0 Å². The molecule has 2 amide bonds. The fraction of sp³-hybridized carbons (Fsp3) is 0.118. The van der Waals surface area contributed by atoms with E-state index in [1.807, 2.05) is 0 Å². The summed E-state index contributed by atoms with van der Waals surface area (Å²) in [6.45, 7) is 0.565. The Balaban J connectivity index is 1.80. The van der Waals surface area contributed by atoms with Crippen LogP contribution in [-0.2, 0) is 0 Å². The Kier molecular flexibility index (Phi) is 5.75. The maximum atomic E-state index is 12.7. The van der Waals surface area contributed by atoms with E-state index in [1.54, 1.807) is 12.1 Å². The summed E-state index contributed by atoms with van der Waals surface area (Å²) in [6, 6.07) is 9.13. The molecular weight excluding hydrogens is 438 g/mol. The van der Waals surface area contributed by atoms with Gasteiger partial charge in [-0.1, -0.05) is 46.4 Å². The lowest BCUT2D eigenvalue weighted by Crippen LogP contribution is -2.38. The van der Waals surface area contributed by atoms with Crippen LogP contribution >= 0.6 is 58.6 Å². The SMILES string of the molecule is O=C(c1ccc(Cl)c(Cl)c1)N1CCN(C(=O)c2ccc(Cl)c(Cl)c2)C1=S. The van der Waals surface area contributed by atoms with Gasteiger partial charge in [0, 0.05) is 24.2 Å². The van der Waals surface area contributed by atoms with Crippen molar-refractivity contribution < 1.29 is 9.59 Å². The number of thiocarbonyl (C=S) groups is 1. The highest BCUT2D eigenvalue weighted by molar-refractivity contribution is 7.80. The van der Waals surface area contributed by atoms with Gasteiger partial charge in [0.2, 0.25) is 0 Å². The van der Waals surface area contributed by atoms with E-state index in [0.717, 1.165) is 0 Å². The summed E-state index contributed by atoms with van der Waals surface area (Å²) in [5.74, 6) is -0.698. The summed E-state index contributed by atoms with van der Waals surface area (Å²) in [5.41, 5.74) is 0.677. The van der Waals surface area contributed by atoms with Gasteiger partial charge in [-0.2, -0.15) is 0 Å². The predicted molar refractivity (Wildman–Crippen MR) is 108 cm³/mol. The Morgan fingerprint density at radius 3 is 1.46 bits per heavy atom. The molecule has 0 unspecified atom stereocenters. The fourth-order valence-corrected chi connectivity index (χ4v) is 3.43. The van der Waals surface area contributed by atoms with Gasteiger partial charge in [0.1, 0.15) is 0 Å². The molecule has 1 aliphatic rings. The van der Waals surface area contributed by atoms with Crippen molar-refractivity contribution in [2.75, 3.05) is 13.1 Å². The number of rotatable bonds is 2. The van der Waals surface area contributed by atoms with Gasteiger partial charge in [-0.15, -0.1) is 0 Å². The summed E-state index contributed by atoms with van der Waals surface area (Å²) in [4.78, 5) is 28.1. The molecule has 26 heavy (non-hydrogen) atoms. The average molecular weight is 448 g/mol. The first-order chi connectivity index (χ1) is 12.3. The summed E-state index contributed by atoms with van der Waals surface area (Å²) >= 11 is 29.0. The molecule has 0 aliphatic carbocycles. The Bertz CT molecular complexity index is 861. The van der Waals surface area contributed by atoms with Crippen LogP contribution in [0.15, 0.2) is 36.4 Å². The van der Waals surface area contributed by atoms with Crippen molar-refractivity contribution in [3.63, 3.8) is 0 Å². The van der Waals surface area contributed by atoms with E-state index in [2.05, 4.69) is 0 Å². The second-order valence-corrected chi connectivity index (χ2v) is 7.45. The Morgan fingerprint density at radius 1 is 0.731 bits per heavy atom. The van der Waals surface area contributed by atoms with Crippen LogP contribution in [0.2, 0.25) is 20.1 Å². The molecule has 2 aromatic rings. The van der Waals surface area contributed by atoms with Crippen LogP contribution in [0.1, 0.15) is 20.7 Å². The molecule has 134 valence electrons. The molecule has 1 saturated heterocycles. The second-order valence-electron chi connectivity index (χ2n) is 5.45. The number of halogens is 4. The normalized spacial score (nSPS) is 14.1. The first kappa shape index (κ1) is 19.4. The first-order valence-electron chi connectivity index (χ1n) is 7.37. The quantitative estimate of drug-likeness (QED) is 0.595. The molecule has 3 rings (SSSR count). The van der Waals surface area contributed by atoms with E-state index >= 15 is 0 Å². The first-order valence-corrected chi connectivity index (χ1v) is 9.29. The minimum Gasteiger partial charge on any atom is -0.283 e. The zero-order valence-electron chi connectivity index (χ0n) is 13.0. The van der Waals surface area contributed by atoms with Crippen LogP contribution in [0.3, 0.4) is 0 Å². The highest BCUT2D eigenvalue weighted by Gasteiger charge is 2.34. The molecule has 0 bridgehead atoms. The maximum absolute atomic E-state index is 12.7. The van der Waals surface area contributed by atoms with Gasteiger partial charge in [0.15, 0.2) is 5.11 Å². The van der Waals surface area contributed by atoms with Gasteiger partial charge in [0.25, 0.3) is 11.8 Å². The number of hydrogen-bond acceptors (Lipinski definition) is 3. The van der Waals surface area contributed by atoms with Crippen LogP contribution in [0.25, 0.3) is 0 Å². The number of hydrogen-bond donors (Lipinski definition) is 0. The van der Waals surface area contributed by atoms with E-state index in [9.17, 15) is 9.59 Å². The number of nitrogens with zero attached hydrogens (tertiary/aromatic N) is 2. The molecular formula is C17H10Cl4N2O2S. The van der Waals surface area contributed by atoms with E-state index in [1.165, 1.54) is 34.1 Å². The molecule has 0 spiro atoms. The molecule has 4 nitrogen and oxygen atoms in total. The Labute approximate surface area is 175 Å². The van der Waals surface area contributed by atoms with Crippen molar-refractivity contribution >= 4 is 75.5 Å². The number of carbonyl (C=O) groups is 2. The summed E-state index contributed by atoms with van der Waals surface area (Å²) in [5, 5.41) is 1.36. The lowest BCUT2D eigenvalue weighted by Gasteiger charge is -2.19. The van der Waals surface area contributed by atoms with Crippen LogP contribution < -0.4 is 0 Å². The standard InChI is InChI=1S/C17H10Cl4N2O2S/c18-11-3-1-9(7-13(11)20)15(24)22-5-6-23(17(22)26)16(25)10-2-4-12(19)14(21)8-10/h1-4,7-8H,5-6H2. The van der Waals surface area contributed by atoms with Crippen molar-refractivity contribution in [2.45, 2.75) is 0 Å². The Hall–Kier alpha value is -1.37. The van der Waals surface area contributed by atoms with E-state index < -0.39 is 0 Å². The van der Waals surface area contributed by atoms with Gasteiger partial charge in [-0.25, -0.2) is 0 Å². The van der Waals surface area contributed by atoms with Crippen LogP contribution in [0.5, 0.6) is 0 Å². The van der Waals surface area contributed by atoms with Gasteiger partial charge >= 0.3 is 0 Å². The molecule has 1 fully saturated rings. The summed E-state index contributed by atoms with van der Waals surface area (Å²) in [6.07, 6.45) is 0. The van der Waals surface area contributed by atoms with Crippen LogP contribution in [0.4, 0.5) is 0 Å². The highest BCUT2D eigenvalue weighted by Crippen LogP contribution is 2.26. The fourth-order valence-electron chi connectivity index (χ4n) is 2.48. The third kappa shape index (κ3) is 3.68. The predicted octanol–water partition coefficient (Wildman–Crippen LogP) is 5.18. The molecule has 0 radical (unpaired) electrons. The zero-order valence-corrected chi connectivity index (χ0v) is 16.8. The molecule has 0 aromatic heterocycles. The van der Waals surface area contributed by atoms with E-state index in [-0.39, 0.29) is 40.1 Å². The van der Waals surface area contributed by atoms with Gasteiger partial charge < -0.3 is 0 Å². The van der Waals surface area contributed by atoms with Gasteiger partial charge in [-0.3, -0.25) is 19.4 Å². The molecule has 0 atom stereocenters. The largest absolute Gasteiger partial charge is 0.283 e. The molecule has 9 heteroatoms. The lowest BCUT2D eigenvalue weighted by atomic mass is 10.2. The number of carbonyl (C=O) groups excluding carboxylic acids is 2. The molecule has 0 saturated carbocycles. The summed E-state index contributed by atoms with van der Waals surface area (Å²) < 4.78 is 0. The third-order valence-corrected chi connectivity index (χ3v) is 5.75. The highest BCUT2D eigenvalue weighted by atomic mass is 35.5. The van der Waals surface area contributed by atoms with Gasteiger partial charge in [0.05, 0.1) is 20.1 Å². The lowest BCUT2D eigenvalue weighted by molar-refractivity contribution is 0.0857. The van der Waals surface area contributed by atoms with E-state index in [0.29, 0.717) is 21.2 Å². The maximum Gasteiger partial charge on any atom is 0.260 e. The zero-order chi connectivity index (χ0) is 19.0. The van der Waals surface area contributed by atoms with Crippen LogP contribution in [-0.4, -0.2) is 39.8 Å². The monoisotopic (exact) mass is 446 g/mol. The minimum absolute atomic E-state index is 0.122. The molecule has 1 heterocycles. The number of amides is 2. The van der Waals surface area contributed by atoms with E-state index in [4.69, 9.17) is 58.6 Å².